The number of amides is 1. The number of carbonyl (C=O) groups excluding carboxylic acids is 1. The minimum Gasteiger partial charge on any atom is -0.380 e. The van der Waals surface area contributed by atoms with E-state index in [4.69, 9.17) is 9.47 Å². The summed E-state index contributed by atoms with van der Waals surface area (Å²) in [5.74, 6) is 0. The van der Waals surface area contributed by atoms with Crippen molar-refractivity contribution < 1.29 is 14.3 Å². The molecular formula is C18H31N3O3. The molecule has 0 aliphatic carbocycles. The first kappa shape index (κ1) is 20.4. The third kappa shape index (κ3) is 6.86. The van der Waals surface area contributed by atoms with E-state index in [1.54, 1.807) is 7.11 Å². The second kappa shape index (κ2) is 11.8. The van der Waals surface area contributed by atoms with E-state index in [0.717, 1.165) is 56.3 Å². The molecule has 0 radical (unpaired) electrons. The molecule has 0 bridgehead atoms. The minimum atomic E-state index is 0.529. The Bertz CT molecular complexity index is 473. The molecule has 1 fully saturated rings. The van der Waals surface area contributed by atoms with Crippen molar-refractivity contribution in [1.82, 2.24) is 4.90 Å². The van der Waals surface area contributed by atoms with Crippen molar-refractivity contribution >= 4 is 17.8 Å². The van der Waals surface area contributed by atoms with Crippen LogP contribution in [0.5, 0.6) is 0 Å². The molecule has 0 aromatic heterocycles. The van der Waals surface area contributed by atoms with Gasteiger partial charge in [-0.1, -0.05) is 13.8 Å². The second-order valence-electron chi connectivity index (χ2n) is 5.63. The number of hydrogen-bond acceptors (Lipinski definition) is 5. The maximum atomic E-state index is 10.5. The Kier molecular flexibility index (Phi) is 10.1. The fourth-order valence-electron chi connectivity index (χ4n) is 2.35. The van der Waals surface area contributed by atoms with E-state index < -0.39 is 0 Å². The number of methoxy groups -OCH3 is 1. The van der Waals surface area contributed by atoms with Gasteiger partial charge in [0.2, 0.25) is 6.41 Å². The molecule has 1 heterocycles. The van der Waals surface area contributed by atoms with Crippen LogP contribution in [0.3, 0.4) is 0 Å². The highest BCUT2D eigenvalue weighted by atomic mass is 16.5. The molecule has 1 N–H and O–H groups in total. The maximum Gasteiger partial charge on any atom is 0.211 e. The molecule has 24 heavy (non-hydrogen) atoms. The number of nitrogens with zero attached hydrogens (tertiary/aromatic N) is 2. The highest BCUT2D eigenvalue weighted by Gasteiger charge is 2.15. The van der Waals surface area contributed by atoms with Crippen molar-refractivity contribution in [3.63, 3.8) is 0 Å². The molecule has 1 aromatic carbocycles. The topological polar surface area (TPSA) is 54.0 Å². The number of hydrogen-bond donors (Lipinski definition) is 1. The van der Waals surface area contributed by atoms with Gasteiger partial charge in [0.15, 0.2) is 0 Å². The molecule has 0 saturated carbocycles. The lowest BCUT2D eigenvalue weighted by Crippen LogP contribution is -2.36. The fourth-order valence-corrected chi connectivity index (χ4v) is 2.35. The van der Waals surface area contributed by atoms with E-state index in [1.807, 2.05) is 18.2 Å². The molecule has 0 atom stereocenters. The van der Waals surface area contributed by atoms with Crippen LogP contribution in [0, 0.1) is 0 Å². The lowest BCUT2D eigenvalue weighted by Gasteiger charge is -2.30. The first-order valence-electron chi connectivity index (χ1n) is 8.49. The zero-order valence-corrected chi connectivity index (χ0v) is 15.4. The van der Waals surface area contributed by atoms with Crippen LogP contribution in [0.25, 0.3) is 0 Å². The standard InChI is InChI=1S/C13H18N2O3.C5H13N/c1-17-9-11-8-12(14-10-16)2-3-13(11)15-4-6-18-7-5-15;1-4-6(3)5-2/h2-3,8,10H,4-7,9H2,1H3,(H,14,16);4-5H2,1-3H3. The largest absolute Gasteiger partial charge is 0.380 e. The summed E-state index contributed by atoms with van der Waals surface area (Å²) in [6.07, 6.45) is 0.681. The van der Waals surface area contributed by atoms with Gasteiger partial charge in [0.1, 0.15) is 0 Å². The summed E-state index contributed by atoms with van der Waals surface area (Å²) in [5, 5.41) is 2.66. The first-order valence-corrected chi connectivity index (χ1v) is 8.49. The Morgan fingerprint density at radius 2 is 1.96 bits per heavy atom. The van der Waals surface area contributed by atoms with Gasteiger partial charge in [-0.05, 0) is 38.3 Å². The summed E-state index contributed by atoms with van der Waals surface area (Å²) in [4.78, 5) is 15.0. The van der Waals surface area contributed by atoms with E-state index in [9.17, 15) is 4.79 Å². The summed E-state index contributed by atoms with van der Waals surface area (Å²) in [6.45, 7) is 10.4. The van der Waals surface area contributed by atoms with Crippen LogP contribution in [0.1, 0.15) is 19.4 Å². The van der Waals surface area contributed by atoms with Crippen LogP contribution in [0.4, 0.5) is 11.4 Å². The molecule has 6 nitrogen and oxygen atoms in total. The molecule has 136 valence electrons. The number of ether oxygens (including phenoxy) is 2. The van der Waals surface area contributed by atoms with Gasteiger partial charge in [-0.15, -0.1) is 0 Å². The highest BCUT2D eigenvalue weighted by Crippen LogP contribution is 2.25. The quantitative estimate of drug-likeness (QED) is 0.773. The van der Waals surface area contributed by atoms with Gasteiger partial charge in [-0.2, -0.15) is 0 Å². The third-order valence-electron chi connectivity index (χ3n) is 4.04. The second-order valence-corrected chi connectivity index (χ2v) is 5.63. The van der Waals surface area contributed by atoms with E-state index >= 15 is 0 Å². The lowest BCUT2D eigenvalue weighted by atomic mass is 10.1. The SMILES string of the molecule is CCN(C)CC.COCc1cc(NC=O)ccc1N1CCOCC1. The molecule has 6 heteroatoms. The highest BCUT2D eigenvalue weighted by molar-refractivity contribution is 5.73. The number of benzene rings is 1. The van der Waals surface area contributed by atoms with Crippen LogP contribution >= 0.6 is 0 Å². The molecule has 2 rings (SSSR count). The van der Waals surface area contributed by atoms with Crippen LogP contribution in [0.2, 0.25) is 0 Å². The summed E-state index contributed by atoms with van der Waals surface area (Å²) in [7, 11) is 3.78. The van der Waals surface area contributed by atoms with E-state index in [1.165, 1.54) is 0 Å². The zero-order chi connectivity index (χ0) is 17.8. The van der Waals surface area contributed by atoms with Crippen molar-refractivity contribution in [3.8, 4) is 0 Å². The lowest BCUT2D eigenvalue weighted by molar-refractivity contribution is -0.105. The molecular weight excluding hydrogens is 306 g/mol. The molecule has 1 aliphatic rings. The van der Waals surface area contributed by atoms with Gasteiger partial charge < -0.3 is 24.6 Å². The zero-order valence-electron chi connectivity index (χ0n) is 15.4. The number of carbonyl (C=O) groups is 1. The summed E-state index contributed by atoms with van der Waals surface area (Å²) >= 11 is 0. The molecule has 1 saturated heterocycles. The van der Waals surface area contributed by atoms with Crippen molar-refractivity contribution in [2.45, 2.75) is 20.5 Å². The van der Waals surface area contributed by atoms with Crippen molar-refractivity contribution in [3.05, 3.63) is 23.8 Å². The van der Waals surface area contributed by atoms with Gasteiger partial charge in [0.25, 0.3) is 0 Å². The van der Waals surface area contributed by atoms with Crippen molar-refractivity contribution in [2.24, 2.45) is 0 Å². The van der Waals surface area contributed by atoms with Gasteiger partial charge in [0, 0.05) is 37.1 Å². The van der Waals surface area contributed by atoms with Crippen LogP contribution in [-0.2, 0) is 20.9 Å². The van der Waals surface area contributed by atoms with E-state index in [2.05, 4.69) is 36.0 Å². The number of morpholine rings is 1. The van der Waals surface area contributed by atoms with Crippen molar-refractivity contribution in [1.29, 1.82) is 0 Å². The normalized spacial score (nSPS) is 14.1. The van der Waals surface area contributed by atoms with Gasteiger partial charge >= 0.3 is 0 Å². The molecule has 0 spiro atoms. The van der Waals surface area contributed by atoms with Crippen LogP contribution in [-0.4, -0.2) is 64.9 Å². The third-order valence-corrected chi connectivity index (χ3v) is 4.04. The average molecular weight is 337 g/mol. The number of anilines is 2. The van der Waals surface area contributed by atoms with Gasteiger partial charge in [0.05, 0.1) is 19.8 Å². The Balaban J connectivity index is 0.000000413. The average Bonchev–Trinajstić information content (AvgIpc) is 2.63. The number of rotatable bonds is 7. The number of nitrogens with one attached hydrogen (secondary N) is 1. The molecule has 1 aromatic rings. The molecule has 0 unspecified atom stereocenters. The van der Waals surface area contributed by atoms with Crippen molar-refractivity contribution in [2.75, 3.05) is 63.8 Å². The predicted octanol–water partition coefficient (Wildman–Crippen LogP) is 2.20. The first-order chi connectivity index (χ1) is 11.7. The maximum absolute atomic E-state index is 10.5. The molecule has 1 aliphatic heterocycles. The Morgan fingerprint density at radius 1 is 1.29 bits per heavy atom. The predicted molar refractivity (Wildman–Crippen MR) is 98.7 cm³/mol. The Labute approximate surface area is 145 Å². The van der Waals surface area contributed by atoms with E-state index in [0.29, 0.717) is 13.0 Å². The minimum absolute atomic E-state index is 0.529. The summed E-state index contributed by atoms with van der Waals surface area (Å²) in [6, 6.07) is 5.87. The smallest absolute Gasteiger partial charge is 0.211 e. The van der Waals surface area contributed by atoms with Gasteiger partial charge in [-0.3, -0.25) is 4.79 Å². The summed E-state index contributed by atoms with van der Waals surface area (Å²) < 4.78 is 10.6. The van der Waals surface area contributed by atoms with Gasteiger partial charge in [-0.25, -0.2) is 0 Å². The Morgan fingerprint density at radius 3 is 2.46 bits per heavy atom. The van der Waals surface area contributed by atoms with Crippen LogP contribution in [0.15, 0.2) is 18.2 Å². The molecule has 1 amide bonds. The van der Waals surface area contributed by atoms with Crippen LogP contribution < -0.4 is 10.2 Å². The monoisotopic (exact) mass is 337 g/mol. The summed E-state index contributed by atoms with van der Waals surface area (Å²) in [5.41, 5.74) is 3.01. The Hall–Kier alpha value is -1.63. The fraction of sp³-hybridized carbons (Fsp3) is 0.611. The van der Waals surface area contributed by atoms with E-state index in [-0.39, 0.29) is 0 Å².